The third-order valence-electron chi connectivity index (χ3n) is 4.98. The van der Waals surface area contributed by atoms with E-state index in [1.54, 1.807) is 11.8 Å². The van der Waals surface area contributed by atoms with E-state index in [-0.39, 0.29) is 5.41 Å². The molecule has 0 saturated heterocycles. The lowest BCUT2D eigenvalue weighted by Gasteiger charge is -2.21. The van der Waals surface area contributed by atoms with Crippen molar-refractivity contribution in [3.8, 4) is 0 Å². The van der Waals surface area contributed by atoms with Crippen molar-refractivity contribution in [3.63, 3.8) is 0 Å². The molecule has 1 aliphatic carbocycles. The van der Waals surface area contributed by atoms with Crippen LogP contribution in [-0.4, -0.2) is 40.9 Å². The summed E-state index contributed by atoms with van der Waals surface area (Å²) in [6, 6.07) is 6.23. The minimum Gasteiger partial charge on any atom is -0.395 e. The van der Waals surface area contributed by atoms with E-state index in [2.05, 4.69) is 58.2 Å². The Bertz CT molecular complexity index is 988. The van der Waals surface area contributed by atoms with Crippen molar-refractivity contribution in [1.82, 2.24) is 9.97 Å². The number of hydrogen-bond acceptors (Lipinski definition) is 7. The molecule has 0 saturated carbocycles. The van der Waals surface area contributed by atoms with Crippen molar-refractivity contribution >= 4 is 23.2 Å². The van der Waals surface area contributed by atoms with Gasteiger partial charge in [0.05, 0.1) is 0 Å². The fourth-order valence-corrected chi connectivity index (χ4v) is 3.70. The molecule has 0 aromatic carbocycles. The summed E-state index contributed by atoms with van der Waals surface area (Å²) in [6.45, 7) is 10.8. The monoisotopic (exact) mass is 442 g/mol. The van der Waals surface area contributed by atoms with E-state index in [9.17, 15) is 0 Å². The summed E-state index contributed by atoms with van der Waals surface area (Å²) >= 11 is 1.58. The second-order valence-corrected chi connectivity index (χ2v) is 9.52. The molecule has 8 heteroatoms. The second-order valence-electron chi connectivity index (χ2n) is 8.70. The molecule has 0 amide bonds. The molecule has 1 N–H and O–H groups in total. The van der Waals surface area contributed by atoms with Crippen molar-refractivity contribution in [1.29, 1.82) is 0 Å². The van der Waals surface area contributed by atoms with Crippen LogP contribution in [0.25, 0.3) is 0 Å². The third kappa shape index (κ3) is 6.50. The fraction of sp³-hybridized carbons (Fsp3) is 0.522. The highest BCUT2D eigenvalue weighted by molar-refractivity contribution is 7.98. The predicted molar refractivity (Wildman–Crippen MR) is 124 cm³/mol. The molecule has 0 fully saturated rings. The van der Waals surface area contributed by atoms with Gasteiger partial charge in [-0.3, -0.25) is 0 Å². The third-order valence-corrected chi connectivity index (χ3v) is 5.60. The number of pyridine rings is 1. The highest BCUT2D eigenvalue weighted by Crippen LogP contribution is 2.21. The van der Waals surface area contributed by atoms with Gasteiger partial charge in [-0.05, 0) is 45.1 Å². The first-order valence-corrected chi connectivity index (χ1v) is 11.8. The molecule has 2 aromatic heterocycles. The zero-order valence-corrected chi connectivity index (χ0v) is 20.1. The molecule has 31 heavy (non-hydrogen) atoms. The minimum absolute atomic E-state index is 0.250. The summed E-state index contributed by atoms with van der Waals surface area (Å²) in [6.07, 6.45) is 5.07. The van der Waals surface area contributed by atoms with Gasteiger partial charge < -0.3 is 9.68 Å². The number of aromatic nitrogens is 3. The summed E-state index contributed by atoms with van der Waals surface area (Å²) < 4.78 is 0. The number of rotatable bonds is 8. The van der Waals surface area contributed by atoms with E-state index in [4.69, 9.17) is 9.68 Å². The van der Waals surface area contributed by atoms with Crippen LogP contribution in [-0.2, 0) is 16.1 Å². The Kier molecular flexibility index (Phi) is 7.64. The van der Waals surface area contributed by atoms with Crippen LogP contribution >= 0.6 is 11.8 Å². The predicted octanol–water partition coefficient (Wildman–Crippen LogP) is 4.15. The topological polar surface area (TPSA) is 83.1 Å². The Balaban J connectivity index is 1.56. The highest BCUT2D eigenvalue weighted by Gasteiger charge is 2.25. The largest absolute Gasteiger partial charge is 0.395 e. The van der Waals surface area contributed by atoms with Crippen LogP contribution in [0.2, 0.25) is 0 Å². The van der Waals surface area contributed by atoms with Crippen LogP contribution in [0.1, 0.15) is 62.1 Å². The summed E-state index contributed by atoms with van der Waals surface area (Å²) in [4.78, 5) is 23.7. The van der Waals surface area contributed by atoms with E-state index in [1.165, 1.54) is 5.56 Å². The van der Waals surface area contributed by atoms with Gasteiger partial charge in [0.15, 0.2) is 17.2 Å². The number of oxime groups is 2. The molecule has 2 aromatic rings. The van der Waals surface area contributed by atoms with Crippen molar-refractivity contribution in [2.24, 2.45) is 15.7 Å². The van der Waals surface area contributed by atoms with Crippen molar-refractivity contribution < 1.29 is 14.7 Å². The molecule has 0 atom stereocenters. The van der Waals surface area contributed by atoms with Gasteiger partial charge in [-0.15, -0.1) is 11.8 Å². The molecule has 3 rings (SSSR count). The number of thioether (sulfide) groups is 1. The van der Waals surface area contributed by atoms with Crippen LogP contribution in [0.15, 0.2) is 33.5 Å². The summed E-state index contributed by atoms with van der Waals surface area (Å²) in [5, 5.41) is 9.58. The molecular formula is C23H32N5O2S+. The zero-order valence-electron chi connectivity index (χ0n) is 19.3. The Morgan fingerprint density at radius 1 is 1.16 bits per heavy atom. The second kappa shape index (κ2) is 10.2. The first kappa shape index (κ1) is 23.2. The Morgan fingerprint density at radius 2 is 1.94 bits per heavy atom. The molecule has 0 radical (unpaired) electrons. The van der Waals surface area contributed by atoms with Crippen LogP contribution in [0.4, 0.5) is 0 Å². The summed E-state index contributed by atoms with van der Waals surface area (Å²) in [5.74, 6) is 0.590. The number of H-pyrrole nitrogens is 1. The van der Waals surface area contributed by atoms with Crippen LogP contribution in [0.3, 0.4) is 0 Å². The normalized spacial score (nSPS) is 15.7. The number of hydrogen-bond donors (Lipinski definition) is 0. The van der Waals surface area contributed by atoms with Gasteiger partial charge in [0, 0.05) is 36.1 Å². The molecule has 166 valence electrons. The van der Waals surface area contributed by atoms with Gasteiger partial charge in [0.25, 0.3) is 0 Å². The van der Waals surface area contributed by atoms with Gasteiger partial charge in [0.1, 0.15) is 24.0 Å². The number of aryl methyl sites for hydroxylation is 3. The van der Waals surface area contributed by atoms with Crippen molar-refractivity contribution in [2.75, 3.05) is 19.5 Å². The smallest absolute Gasteiger partial charge is 0.232 e. The number of nitrogens with zero attached hydrogens (tertiary/aromatic N) is 4. The molecule has 0 spiro atoms. The molecular weight excluding hydrogens is 410 g/mol. The fourth-order valence-electron chi connectivity index (χ4n) is 3.23. The van der Waals surface area contributed by atoms with E-state index in [1.807, 2.05) is 26.2 Å². The maximum Gasteiger partial charge on any atom is 0.232 e. The Morgan fingerprint density at radius 3 is 2.71 bits per heavy atom. The van der Waals surface area contributed by atoms with E-state index < -0.39 is 0 Å². The standard InChI is InChI=1S/C23H31N5O2S/c1-15-10-11-18-8-7-9-19(21(18)24-15)28-30-14-23(4,5)13-29-27-17(3)22-25-16(2)12-20(26-22)31-6/h10-12H,7-9,13-14H2,1-6H3/p+1/b27-17+,28-19+. The van der Waals surface area contributed by atoms with Gasteiger partial charge in [-0.25, -0.2) is 15.0 Å². The van der Waals surface area contributed by atoms with E-state index in [0.29, 0.717) is 24.7 Å². The van der Waals surface area contributed by atoms with E-state index in [0.717, 1.165) is 47.1 Å². The van der Waals surface area contributed by atoms with Crippen LogP contribution < -0.4 is 4.98 Å². The van der Waals surface area contributed by atoms with Crippen molar-refractivity contribution in [3.05, 3.63) is 46.7 Å². The highest BCUT2D eigenvalue weighted by atomic mass is 32.2. The average Bonchev–Trinajstić information content (AvgIpc) is 2.73. The van der Waals surface area contributed by atoms with Gasteiger partial charge >= 0.3 is 0 Å². The first-order chi connectivity index (χ1) is 14.8. The Hall–Kier alpha value is -2.48. The van der Waals surface area contributed by atoms with Gasteiger partial charge in [-0.2, -0.15) is 0 Å². The van der Waals surface area contributed by atoms with Crippen LogP contribution in [0, 0.1) is 19.3 Å². The first-order valence-electron chi connectivity index (χ1n) is 10.5. The number of aromatic amines is 1. The van der Waals surface area contributed by atoms with Crippen molar-refractivity contribution in [2.45, 2.75) is 58.9 Å². The SMILES string of the molecule is CSc1cc(C)nc(/C(C)=N/OCC(C)(C)CO/N=C2\CCCc3ccc(C)[nH+]c32)n1. The van der Waals surface area contributed by atoms with Crippen LogP contribution in [0.5, 0.6) is 0 Å². The quantitative estimate of drug-likeness (QED) is 0.265. The number of fused-ring (bicyclic) bond motifs is 1. The maximum atomic E-state index is 5.73. The lowest BCUT2D eigenvalue weighted by molar-refractivity contribution is -0.391. The molecule has 0 aliphatic heterocycles. The lowest BCUT2D eigenvalue weighted by Crippen LogP contribution is -2.27. The minimum atomic E-state index is -0.250. The number of nitrogens with one attached hydrogen (secondary N) is 1. The molecule has 0 bridgehead atoms. The molecule has 0 unspecified atom stereocenters. The lowest BCUT2D eigenvalue weighted by atomic mass is 9.94. The van der Waals surface area contributed by atoms with Gasteiger partial charge in [-0.1, -0.05) is 24.2 Å². The summed E-state index contributed by atoms with van der Waals surface area (Å²) in [7, 11) is 0. The zero-order chi connectivity index (χ0) is 22.4. The van der Waals surface area contributed by atoms with E-state index >= 15 is 0 Å². The summed E-state index contributed by atoms with van der Waals surface area (Å²) in [5.41, 5.74) is 5.82. The maximum absolute atomic E-state index is 5.73. The Labute approximate surface area is 188 Å². The molecule has 2 heterocycles. The molecule has 7 nitrogen and oxygen atoms in total. The average molecular weight is 443 g/mol. The molecule has 1 aliphatic rings. The van der Waals surface area contributed by atoms with Gasteiger partial charge in [0.2, 0.25) is 5.69 Å².